The Bertz CT molecular complexity index is 2090. The average molecular weight is 607 g/mol. The van der Waals surface area contributed by atoms with Gasteiger partial charge in [-0.3, -0.25) is 4.79 Å². The number of para-hydroxylation sites is 1. The van der Waals surface area contributed by atoms with Crippen molar-refractivity contribution in [3.8, 4) is 39.7 Å². The molecule has 218 valence electrons. The number of aromatic nitrogens is 2. The van der Waals surface area contributed by atoms with Gasteiger partial charge in [0, 0.05) is 27.8 Å². The third-order valence-electron chi connectivity index (χ3n) is 7.28. The number of fused-ring (bicyclic) bond motifs is 1. The zero-order valence-corrected chi connectivity index (χ0v) is 25.0. The summed E-state index contributed by atoms with van der Waals surface area (Å²) in [6, 6.07) is 37.7. The second-order valence-electron chi connectivity index (χ2n) is 10.4. The molecule has 6 aromatic rings. The number of thioether (sulfide) groups is 1. The SMILES string of the molecule is Cc1ccc(-c2cc(-c3ccccc3)nc(SCC(=O)Nc3ccc(-c4cc(C(=O)O)c5ccccc5n4)cc3)c2C#N)cc1. The number of carbonyl (C=O) groups is 2. The third kappa shape index (κ3) is 6.44. The predicted molar refractivity (Wildman–Crippen MR) is 178 cm³/mol. The molecule has 6 rings (SSSR count). The molecular weight excluding hydrogens is 580 g/mol. The van der Waals surface area contributed by atoms with E-state index in [9.17, 15) is 20.0 Å². The van der Waals surface area contributed by atoms with Gasteiger partial charge in [-0.2, -0.15) is 5.26 Å². The Morgan fingerprint density at radius 3 is 2.16 bits per heavy atom. The predicted octanol–water partition coefficient (Wildman–Crippen LogP) is 8.24. The molecule has 0 saturated carbocycles. The smallest absolute Gasteiger partial charge is 0.336 e. The number of carbonyl (C=O) groups excluding carboxylic acids is 1. The van der Waals surface area contributed by atoms with Gasteiger partial charge in [0.2, 0.25) is 5.91 Å². The minimum absolute atomic E-state index is 0.0449. The maximum Gasteiger partial charge on any atom is 0.336 e. The molecule has 0 bridgehead atoms. The van der Waals surface area contributed by atoms with E-state index in [0.717, 1.165) is 33.5 Å². The number of carboxylic acid groups (broad SMARTS) is 1. The van der Waals surface area contributed by atoms with Crippen molar-refractivity contribution in [2.45, 2.75) is 11.9 Å². The van der Waals surface area contributed by atoms with Gasteiger partial charge in [0.05, 0.1) is 33.8 Å². The monoisotopic (exact) mass is 606 g/mol. The van der Waals surface area contributed by atoms with Gasteiger partial charge < -0.3 is 10.4 Å². The number of aromatic carboxylic acids is 1. The topological polar surface area (TPSA) is 116 Å². The van der Waals surface area contributed by atoms with Crippen LogP contribution in [-0.2, 0) is 4.79 Å². The number of aryl methyl sites for hydroxylation is 1. The van der Waals surface area contributed by atoms with E-state index in [1.54, 1.807) is 48.5 Å². The van der Waals surface area contributed by atoms with Crippen molar-refractivity contribution in [1.29, 1.82) is 5.26 Å². The number of nitriles is 1. The van der Waals surface area contributed by atoms with E-state index in [1.165, 1.54) is 11.8 Å². The van der Waals surface area contributed by atoms with E-state index >= 15 is 0 Å². The number of pyridine rings is 2. The summed E-state index contributed by atoms with van der Waals surface area (Å²) in [6.07, 6.45) is 0. The number of anilines is 1. The van der Waals surface area contributed by atoms with Crippen LogP contribution in [0.2, 0.25) is 0 Å². The zero-order valence-electron chi connectivity index (χ0n) is 24.2. The molecule has 0 saturated heterocycles. The maximum absolute atomic E-state index is 13.0. The fourth-order valence-electron chi connectivity index (χ4n) is 5.01. The summed E-state index contributed by atoms with van der Waals surface area (Å²) in [4.78, 5) is 34.3. The van der Waals surface area contributed by atoms with Gasteiger partial charge in [-0.1, -0.05) is 102 Å². The molecule has 4 aromatic carbocycles. The van der Waals surface area contributed by atoms with E-state index < -0.39 is 5.97 Å². The minimum atomic E-state index is -1.02. The Labute approximate surface area is 264 Å². The normalized spacial score (nSPS) is 10.8. The van der Waals surface area contributed by atoms with Crippen LogP contribution in [0, 0.1) is 18.3 Å². The van der Waals surface area contributed by atoms with Crippen LogP contribution in [0.5, 0.6) is 0 Å². The molecule has 0 atom stereocenters. The minimum Gasteiger partial charge on any atom is -0.478 e. The molecule has 7 nitrogen and oxygen atoms in total. The van der Waals surface area contributed by atoms with Crippen molar-refractivity contribution >= 4 is 40.2 Å². The molecule has 2 heterocycles. The highest BCUT2D eigenvalue weighted by Crippen LogP contribution is 2.34. The Morgan fingerprint density at radius 2 is 1.44 bits per heavy atom. The van der Waals surface area contributed by atoms with Crippen molar-refractivity contribution < 1.29 is 14.7 Å². The van der Waals surface area contributed by atoms with Gasteiger partial charge >= 0.3 is 5.97 Å². The van der Waals surface area contributed by atoms with Crippen LogP contribution in [0.25, 0.3) is 44.5 Å². The van der Waals surface area contributed by atoms with Gasteiger partial charge in [-0.15, -0.1) is 0 Å². The summed E-state index contributed by atoms with van der Waals surface area (Å²) in [5, 5.41) is 23.8. The highest BCUT2D eigenvalue weighted by atomic mass is 32.2. The van der Waals surface area contributed by atoms with E-state index in [2.05, 4.69) is 16.4 Å². The summed E-state index contributed by atoms with van der Waals surface area (Å²) in [7, 11) is 0. The van der Waals surface area contributed by atoms with Crippen LogP contribution < -0.4 is 5.32 Å². The molecule has 45 heavy (non-hydrogen) atoms. The van der Waals surface area contributed by atoms with E-state index in [0.29, 0.717) is 32.9 Å². The number of benzene rings is 4. The Balaban J connectivity index is 1.22. The summed E-state index contributed by atoms with van der Waals surface area (Å²) in [5.41, 5.74) is 7.43. The average Bonchev–Trinajstić information content (AvgIpc) is 3.07. The van der Waals surface area contributed by atoms with Gasteiger partial charge in [0.25, 0.3) is 0 Å². The fraction of sp³-hybridized carbons (Fsp3) is 0.0541. The van der Waals surface area contributed by atoms with Gasteiger partial charge in [0.15, 0.2) is 0 Å². The Hall–Kier alpha value is -5.78. The van der Waals surface area contributed by atoms with E-state index in [-0.39, 0.29) is 17.2 Å². The zero-order chi connectivity index (χ0) is 31.3. The first-order chi connectivity index (χ1) is 21.9. The summed E-state index contributed by atoms with van der Waals surface area (Å²) in [5.74, 6) is -1.23. The molecule has 8 heteroatoms. The first-order valence-electron chi connectivity index (χ1n) is 14.1. The second kappa shape index (κ2) is 12.8. The Morgan fingerprint density at radius 1 is 0.800 bits per heavy atom. The van der Waals surface area contributed by atoms with Crippen molar-refractivity contribution in [2.75, 3.05) is 11.1 Å². The lowest BCUT2D eigenvalue weighted by molar-refractivity contribution is -0.113. The fourth-order valence-corrected chi connectivity index (χ4v) is 5.81. The van der Waals surface area contributed by atoms with Crippen molar-refractivity contribution in [3.05, 3.63) is 132 Å². The number of nitrogens with zero attached hydrogens (tertiary/aromatic N) is 3. The van der Waals surface area contributed by atoms with Crippen LogP contribution in [-0.4, -0.2) is 32.7 Å². The summed E-state index contributed by atoms with van der Waals surface area (Å²) >= 11 is 1.21. The quantitative estimate of drug-likeness (QED) is 0.168. The van der Waals surface area contributed by atoms with Crippen molar-refractivity contribution in [2.24, 2.45) is 0 Å². The molecule has 0 aliphatic heterocycles. The van der Waals surface area contributed by atoms with Crippen LogP contribution in [0.15, 0.2) is 120 Å². The van der Waals surface area contributed by atoms with Gasteiger partial charge in [-0.05, 0) is 42.8 Å². The molecule has 0 spiro atoms. The largest absolute Gasteiger partial charge is 0.478 e. The van der Waals surface area contributed by atoms with Crippen LogP contribution in [0.4, 0.5) is 5.69 Å². The number of hydrogen-bond donors (Lipinski definition) is 2. The molecule has 2 N–H and O–H groups in total. The van der Waals surface area contributed by atoms with Gasteiger partial charge in [0.1, 0.15) is 11.1 Å². The second-order valence-corrected chi connectivity index (χ2v) is 11.3. The number of rotatable bonds is 8. The van der Waals surface area contributed by atoms with Gasteiger partial charge in [-0.25, -0.2) is 14.8 Å². The standard InChI is InChI=1S/C37H26N4O3S/c1-23-11-13-24(14-12-23)29-19-34(25-7-3-2-4-8-25)41-36(31(29)21-38)45-22-35(42)39-27-17-15-26(16-18-27)33-20-30(37(43)44)28-9-5-6-10-32(28)40-33/h2-20H,22H2,1H3,(H,39,42)(H,43,44). The van der Waals surface area contributed by atoms with Crippen molar-refractivity contribution in [3.63, 3.8) is 0 Å². The first-order valence-corrected chi connectivity index (χ1v) is 15.1. The molecule has 2 aromatic heterocycles. The van der Waals surface area contributed by atoms with Crippen molar-refractivity contribution in [1.82, 2.24) is 9.97 Å². The lowest BCUT2D eigenvalue weighted by Gasteiger charge is -2.13. The lowest BCUT2D eigenvalue weighted by Crippen LogP contribution is -2.14. The number of nitrogens with one attached hydrogen (secondary N) is 1. The molecular formula is C37H26N4O3S. The third-order valence-corrected chi connectivity index (χ3v) is 8.26. The molecule has 0 radical (unpaired) electrons. The summed E-state index contributed by atoms with van der Waals surface area (Å²) in [6.45, 7) is 2.01. The molecule has 0 fully saturated rings. The maximum atomic E-state index is 13.0. The lowest BCUT2D eigenvalue weighted by atomic mass is 9.98. The van der Waals surface area contributed by atoms with Crippen LogP contribution in [0.3, 0.4) is 0 Å². The van der Waals surface area contributed by atoms with Crippen LogP contribution >= 0.6 is 11.8 Å². The first kappa shape index (κ1) is 29.3. The molecule has 1 amide bonds. The number of amides is 1. The highest BCUT2D eigenvalue weighted by molar-refractivity contribution is 8.00. The summed E-state index contributed by atoms with van der Waals surface area (Å²) < 4.78 is 0. The number of hydrogen-bond acceptors (Lipinski definition) is 6. The highest BCUT2D eigenvalue weighted by Gasteiger charge is 2.18. The van der Waals surface area contributed by atoms with Crippen LogP contribution in [0.1, 0.15) is 21.5 Å². The van der Waals surface area contributed by atoms with E-state index in [4.69, 9.17) is 4.98 Å². The Kier molecular flexibility index (Phi) is 8.36. The molecule has 0 aliphatic carbocycles. The van der Waals surface area contributed by atoms with E-state index in [1.807, 2.05) is 73.7 Å². The molecule has 0 unspecified atom stereocenters. The number of carboxylic acids is 1. The molecule has 0 aliphatic rings.